The van der Waals surface area contributed by atoms with Crippen LogP contribution >= 0.6 is 12.4 Å². The van der Waals surface area contributed by atoms with Gasteiger partial charge in [0.2, 0.25) is 0 Å². The molecular weight excluding hydrogens is 164 g/mol. The first-order chi connectivity index (χ1) is 4.61. The molecular formula is C6H11ClN4. The number of hydrogen-bond acceptors (Lipinski definition) is 4. The van der Waals surface area contributed by atoms with Crippen molar-refractivity contribution in [3.8, 4) is 0 Å². The van der Waals surface area contributed by atoms with Crippen LogP contribution in [0.2, 0.25) is 0 Å². The number of rotatable bonds is 0. The molecule has 0 unspecified atom stereocenters. The number of nitrogens with two attached hydrogens (primary N) is 3. The summed E-state index contributed by atoms with van der Waals surface area (Å²) in [5, 5.41) is 0. The fraction of sp³-hybridized carbons (Fsp3) is 0.167. The second-order valence-electron chi connectivity index (χ2n) is 2.14. The molecule has 0 atom stereocenters. The average Bonchev–Trinajstić information content (AvgIpc) is 1.84. The summed E-state index contributed by atoms with van der Waals surface area (Å²) in [4.78, 5) is 3.90. The van der Waals surface area contributed by atoms with Gasteiger partial charge in [-0.3, -0.25) is 0 Å². The van der Waals surface area contributed by atoms with Gasteiger partial charge >= 0.3 is 0 Å². The zero-order valence-electron chi connectivity index (χ0n) is 6.16. The molecule has 0 spiro atoms. The highest BCUT2D eigenvalue weighted by atomic mass is 35.5. The van der Waals surface area contributed by atoms with Gasteiger partial charge in [-0.2, -0.15) is 0 Å². The van der Waals surface area contributed by atoms with Crippen LogP contribution in [-0.4, -0.2) is 4.98 Å². The standard InChI is InChI=1S/C6H10N4.ClH/c1-3-4(7)2-5(8)6(9)10-3;/h2H,7-8H2,1H3,(H2,9,10);1H. The second kappa shape index (κ2) is 3.30. The van der Waals surface area contributed by atoms with E-state index in [0.717, 1.165) is 0 Å². The van der Waals surface area contributed by atoms with Crippen molar-refractivity contribution in [1.82, 2.24) is 4.98 Å². The zero-order chi connectivity index (χ0) is 7.72. The van der Waals surface area contributed by atoms with E-state index >= 15 is 0 Å². The van der Waals surface area contributed by atoms with Crippen LogP contribution < -0.4 is 17.2 Å². The van der Waals surface area contributed by atoms with Crippen molar-refractivity contribution < 1.29 is 0 Å². The predicted octanol–water partition coefficient (Wildman–Crippen LogP) is 0.558. The molecule has 1 heterocycles. The summed E-state index contributed by atoms with van der Waals surface area (Å²) in [6.45, 7) is 1.78. The summed E-state index contributed by atoms with van der Waals surface area (Å²) < 4.78 is 0. The van der Waals surface area contributed by atoms with Crippen LogP contribution in [0.4, 0.5) is 17.2 Å². The highest BCUT2D eigenvalue weighted by Gasteiger charge is 1.99. The van der Waals surface area contributed by atoms with E-state index in [4.69, 9.17) is 17.2 Å². The minimum Gasteiger partial charge on any atom is -0.397 e. The number of aryl methyl sites for hydroxylation is 1. The Morgan fingerprint density at radius 3 is 2.18 bits per heavy atom. The minimum absolute atomic E-state index is 0. The Morgan fingerprint density at radius 1 is 1.18 bits per heavy atom. The molecule has 0 radical (unpaired) electrons. The highest BCUT2D eigenvalue weighted by Crippen LogP contribution is 2.17. The van der Waals surface area contributed by atoms with Gasteiger partial charge in [-0.05, 0) is 13.0 Å². The average molecular weight is 175 g/mol. The summed E-state index contributed by atoms with van der Waals surface area (Å²) in [6.07, 6.45) is 0. The Bertz CT molecular complexity index is 211. The molecule has 0 aliphatic heterocycles. The van der Waals surface area contributed by atoms with Crippen molar-refractivity contribution in [3.05, 3.63) is 11.8 Å². The van der Waals surface area contributed by atoms with E-state index in [1.165, 1.54) is 0 Å². The first kappa shape index (κ1) is 9.84. The van der Waals surface area contributed by atoms with E-state index in [1.54, 1.807) is 13.0 Å². The Balaban J connectivity index is 0.000001000. The van der Waals surface area contributed by atoms with Crippen molar-refractivity contribution >= 4 is 29.6 Å². The van der Waals surface area contributed by atoms with E-state index in [0.29, 0.717) is 22.9 Å². The van der Waals surface area contributed by atoms with Crippen LogP contribution in [0.1, 0.15) is 5.69 Å². The van der Waals surface area contributed by atoms with Gasteiger partial charge in [0.25, 0.3) is 0 Å². The molecule has 0 fully saturated rings. The first-order valence-corrected chi connectivity index (χ1v) is 2.89. The van der Waals surface area contributed by atoms with E-state index < -0.39 is 0 Å². The van der Waals surface area contributed by atoms with E-state index in [9.17, 15) is 0 Å². The molecule has 4 nitrogen and oxygen atoms in total. The summed E-state index contributed by atoms with van der Waals surface area (Å²) in [6, 6.07) is 1.61. The first-order valence-electron chi connectivity index (χ1n) is 2.89. The quantitative estimate of drug-likeness (QED) is 0.536. The number of nitrogen functional groups attached to an aromatic ring is 3. The second-order valence-corrected chi connectivity index (χ2v) is 2.14. The van der Waals surface area contributed by atoms with E-state index in [1.807, 2.05) is 0 Å². The van der Waals surface area contributed by atoms with Crippen LogP contribution in [0, 0.1) is 6.92 Å². The van der Waals surface area contributed by atoms with Gasteiger partial charge < -0.3 is 17.2 Å². The molecule has 11 heavy (non-hydrogen) atoms. The molecule has 0 aliphatic rings. The lowest BCUT2D eigenvalue weighted by Gasteiger charge is -2.02. The summed E-state index contributed by atoms with van der Waals surface area (Å²) in [5.41, 5.74) is 18.0. The number of anilines is 3. The van der Waals surface area contributed by atoms with Crippen LogP contribution in [0.3, 0.4) is 0 Å². The molecule has 1 rings (SSSR count). The van der Waals surface area contributed by atoms with Gasteiger partial charge in [0.15, 0.2) is 0 Å². The van der Waals surface area contributed by atoms with Gasteiger partial charge in [0.1, 0.15) is 5.82 Å². The van der Waals surface area contributed by atoms with Crippen LogP contribution in [0.25, 0.3) is 0 Å². The van der Waals surface area contributed by atoms with Crippen LogP contribution in [0.15, 0.2) is 6.07 Å². The SMILES string of the molecule is Cc1nc(N)c(N)cc1N.Cl. The lowest BCUT2D eigenvalue weighted by Crippen LogP contribution is -2.02. The van der Waals surface area contributed by atoms with Crippen molar-refractivity contribution in [3.63, 3.8) is 0 Å². The van der Waals surface area contributed by atoms with Crippen molar-refractivity contribution in [2.45, 2.75) is 6.92 Å². The lowest BCUT2D eigenvalue weighted by atomic mass is 10.3. The van der Waals surface area contributed by atoms with Crippen molar-refractivity contribution in [1.29, 1.82) is 0 Å². The van der Waals surface area contributed by atoms with E-state index in [-0.39, 0.29) is 12.4 Å². The van der Waals surface area contributed by atoms with Gasteiger partial charge in [0.05, 0.1) is 17.1 Å². The number of hydrogen-bond donors (Lipinski definition) is 3. The molecule has 0 aromatic carbocycles. The van der Waals surface area contributed by atoms with E-state index in [2.05, 4.69) is 4.98 Å². The van der Waals surface area contributed by atoms with Crippen LogP contribution in [0.5, 0.6) is 0 Å². The summed E-state index contributed by atoms with van der Waals surface area (Å²) in [5.74, 6) is 0.340. The molecule has 1 aromatic heterocycles. The monoisotopic (exact) mass is 174 g/mol. The van der Waals surface area contributed by atoms with Gasteiger partial charge in [-0.1, -0.05) is 0 Å². The molecule has 0 saturated heterocycles. The molecule has 0 bridgehead atoms. The third kappa shape index (κ3) is 1.88. The Labute approximate surface area is 71.2 Å². The molecule has 0 aliphatic carbocycles. The maximum Gasteiger partial charge on any atom is 0.147 e. The van der Waals surface area contributed by atoms with Crippen molar-refractivity contribution in [2.24, 2.45) is 0 Å². The zero-order valence-corrected chi connectivity index (χ0v) is 6.98. The number of nitrogens with zero attached hydrogens (tertiary/aromatic N) is 1. The highest BCUT2D eigenvalue weighted by molar-refractivity contribution is 5.85. The Kier molecular flexibility index (Phi) is 2.95. The van der Waals surface area contributed by atoms with Crippen LogP contribution in [-0.2, 0) is 0 Å². The lowest BCUT2D eigenvalue weighted by molar-refractivity contribution is 1.22. The fourth-order valence-corrected chi connectivity index (χ4v) is 0.656. The predicted molar refractivity (Wildman–Crippen MR) is 49.5 cm³/mol. The maximum atomic E-state index is 5.49. The Hall–Kier alpha value is -1.16. The van der Waals surface area contributed by atoms with Gasteiger partial charge in [0, 0.05) is 0 Å². The minimum atomic E-state index is 0. The van der Waals surface area contributed by atoms with Crippen molar-refractivity contribution in [2.75, 3.05) is 17.2 Å². The Morgan fingerprint density at radius 2 is 1.73 bits per heavy atom. The normalized spacial score (nSPS) is 8.82. The van der Waals surface area contributed by atoms with Gasteiger partial charge in [-0.15, -0.1) is 12.4 Å². The third-order valence-electron chi connectivity index (χ3n) is 1.31. The number of aromatic nitrogens is 1. The molecule has 5 heteroatoms. The topological polar surface area (TPSA) is 90.9 Å². The maximum absolute atomic E-state index is 5.49. The molecule has 0 amide bonds. The number of halogens is 1. The largest absolute Gasteiger partial charge is 0.397 e. The number of pyridine rings is 1. The van der Waals surface area contributed by atoms with Gasteiger partial charge in [-0.25, -0.2) is 4.98 Å². The third-order valence-corrected chi connectivity index (χ3v) is 1.31. The summed E-state index contributed by atoms with van der Waals surface area (Å²) >= 11 is 0. The smallest absolute Gasteiger partial charge is 0.147 e. The molecule has 62 valence electrons. The molecule has 0 saturated carbocycles. The molecule has 6 N–H and O–H groups in total. The fourth-order valence-electron chi connectivity index (χ4n) is 0.656. The summed E-state index contributed by atoms with van der Waals surface area (Å²) in [7, 11) is 0. The molecule has 1 aromatic rings.